The van der Waals surface area contributed by atoms with E-state index in [1.807, 2.05) is 6.92 Å². The van der Waals surface area contributed by atoms with Gasteiger partial charge in [-0.15, -0.1) is 0 Å². The lowest BCUT2D eigenvalue weighted by Crippen LogP contribution is -2.00. The Bertz CT molecular complexity index is 621. The molecule has 0 aromatic heterocycles. The van der Waals surface area contributed by atoms with Gasteiger partial charge in [0.25, 0.3) is 0 Å². The van der Waals surface area contributed by atoms with E-state index in [9.17, 15) is 9.90 Å². The summed E-state index contributed by atoms with van der Waals surface area (Å²) in [5.41, 5.74) is 2.56. The SMILES string of the molecule is Cc1cc(Cl)ccc1-c1cc(Cl)ccc1C(=O)O. The molecule has 0 amide bonds. The third kappa shape index (κ3) is 2.50. The number of benzene rings is 2. The maximum Gasteiger partial charge on any atom is 0.336 e. The number of aromatic carboxylic acids is 1. The van der Waals surface area contributed by atoms with Crippen molar-refractivity contribution in [3.05, 3.63) is 57.6 Å². The molecule has 0 unspecified atom stereocenters. The number of aryl methyl sites for hydroxylation is 1. The van der Waals surface area contributed by atoms with Crippen LogP contribution in [0.2, 0.25) is 10.0 Å². The van der Waals surface area contributed by atoms with Crippen LogP contribution in [0.5, 0.6) is 0 Å². The number of carboxylic acid groups (broad SMARTS) is 1. The highest BCUT2D eigenvalue weighted by atomic mass is 35.5. The molecule has 18 heavy (non-hydrogen) atoms. The van der Waals surface area contributed by atoms with Crippen molar-refractivity contribution < 1.29 is 9.90 Å². The zero-order valence-electron chi connectivity index (χ0n) is 9.58. The molecule has 1 N–H and O–H groups in total. The van der Waals surface area contributed by atoms with Crippen LogP contribution in [0.15, 0.2) is 36.4 Å². The summed E-state index contributed by atoms with van der Waals surface area (Å²) in [6, 6.07) is 10.1. The van der Waals surface area contributed by atoms with E-state index in [1.54, 1.807) is 30.3 Å². The second kappa shape index (κ2) is 5.01. The lowest BCUT2D eigenvalue weighted by Gasteiger charge is -2.10. The first-order valence-corrected chi connectivity index (χ1v) is 6.04. The Morgan fingerprint density at radius 3 is 2.22 bits per heavy atom. The Morgan fingerprint density at radius 2 is 1.61 bits per heavy atom. The smallest absolute Gasteiger partial charge is 0.336 e. The third-order valence-corrected chi connectivity index (χ3v) is 3.16. The van der Waals surface area contributed by atoms with Crippen molar-refractivity contribution in [3.63, 3.8) is 0 Å². The first-order chi connectivity index (χ1) is 8.49. The highest BCUT2D eigenvalue weighted by Crippen LogP contribution is 2.31. The highest BCUT2D eigenvalue weighted by molar-refractivity contribution is 6.31. The monoisotopic (exact) mass is 280 g/mol. The van der Waals surface area contributed by atoms with Gasteiger partial charge in [0.2, 0.25) is 0 Å². The molecule has 0 aliphatic carbocycles. The minimum atomic E-state index is -0.976. The van der Waals surface area contributed by atoms with Crippen molar-refractivity contribution in [1.82, 2.24) is 0 Å². The van der Waals surface area contributed by atoms with Gasteiger partial charge >= 0.3 is 5.97 Å². The second-order valence-electron chi connectivity index (χ2n) is 3.95. The van der Waals surface area contributed by atoms with Gasteiger partial charge in [-0.3, -0.25) is 0 Å². The van der Waals surface area contributed by atoms with E-state index in [0.29, 0.717) is 15.6 Å². The Balaban J connectivity index is 2.69. The molecule has 0 atom stereocenters. The molecule has 0 spiro atoms. The summed E-state index contributed by atoms with van der Waals surface area (Å²) in [6.45, 7) is 1.88. The summed E-state index contributed by atoms with van der Waals surface area (Å²) in [4.78, 5) is 11.2. The first kappa shape index (κ1) is 12.9. The normalized spacial score (nSPS) is 10.4. The fourth-order valence-electron chi connectivity index (χ4n) is 1.86. The summed E-state index contributed by atoms with van der Waals surface area (Å²) in [5, 5.41) is 10.3. The number of halogens is 2. The van der Waals surface area contributed by atoms with Crippen LogP contribution in [0.4, 0.5) is 0 Å². The molecule has 0 saturated carbocycles. The van der Waals surface area contributed by atoms with Crippen molar-refractivity contribution in [2.24, 2.45) is 0 Å². The largest absolute Gasteiger partial charge is 0.478 e. The molecule has 0 aliphatic heterocycles. The topological polar surface area (TPSA) is 37.3 Å². The number of hydrogen-bond acceptors (Lipinski definition) is 1. The van der Waals surface area contributed by atoms with Gasteiger partial charge < -0.3 is 5.11 Å². The summed E-state index contributed by atoms with van der Waals surface area (Å²) in [6.07, 6.45) is 0. The predicted molar refractivity (Wildman–Crippen MR) is 73.6 cm³/mol. The molecule has 0 heterocycles. The molecule has 0 bridgehead atoms. The average Bonchev–Trinajstić information content (AvgIpc) is 2.28. The Labute approximate surface area is 115 Å². The van der Waals surface area contributed by atoms with Crippen LogP contribution in [0.25, 0.3) is 11.1 Å². The van der Waals surface area contributed by atoms with Crippen LogP contribution in [-0.4, -0.2) is 11.1 Å². The lowest BCUT2D eigenvalue weighted by molar-refractivity contribution is 0.0698. The molecule has 0 saturated heterocycles. The standard InChI is InChI=1S/C14H10Cl2O2/c1-8-6-9(15)2-4-11(8)13-7-10(16)3-5-12(13)14(17)18/h2-7H,1H3,(H,17,18). The van der Waals surface area contributed by atoms with Gasteiger partial charge in [0.05, 0.1) is 5.56 Å². The molecule has 0 aliphatic rings. The van der Waals surface area contributed by atoms with Crippen LogP contribution < -0.4 is 0 Å². The van der Waals surface area contributed by atoms with Crippen molar-refractivity contribution >= 4 is 29.2 Å². The van der Waals surface area contributed by atoms with Crippen LogP contribution >= 0.6 is 23.2 Å². The molecule has 92 valence electrons. The minimum Gasteiger partial charge on any atom is -0.478 e. The van der Waals surface area contributed by atoms with Crippen LogP contribution in [0.1, 0.15) is 15.9 Å². The highest BCUT2D eigenvalue weighted by Gasteiger charge is 2.13. The van der Waals surface area contributed by atoms with Gasteiger partial charge in [-0.2, -0.15) is 0 Å². The summed E-state index contributed by atoms with van der Waals surface area (Å²) < 4.78 is 0. The molecule has 2 rings (SSSR count). The van der Waals surface area contributed by atoms with Crippen molar-refractivity contribution in [3.8, 4) is 11.1 Å². The van der Waals surface area contributed by atoms with Gasteiger partial charge in [-0.25, -0.2) is 4.79 Å². The molecule has 2 aromatic rings. The fourth-order valence-corrected chi connectivity index (χ4v) is 2.25. The van der Waals surface area contributed by atoms with Crippen LogP contribution in [0.3, 0.4) is 0 Å². The fraction of sp³-hybridized carbons (Fsp3) is 0.0714. The Morgan fingerprint density at radius 1 is 1.00 bits per heavy atom. The Hall–Kier alpha value is -1.51. The average molecular weight is 281 g/mol. The van der Waals surface area contributed by atoms with E-state index >= 15 is 0 Å². The summed E-state index contributed by atoms with van der Waals surface area (Å²) >= 11 is 11.8. The molecule has 0 fully saturated rings. The van der Waals surface area contributed by atoms with Gasteiger partial charge in [-0.05, 0) is 53.9 Å². The minimum absolute atomic E-state index is 0.227. The molecule has 2 nitrogen and oxygen atoms in total. The van der Waals surface area contributed by atoms with E-state index in [-0.39, 0.29) is 5.56 Å². The van der Waals surface area contributed by atoms with Crippen molar-refractivity contribution in [1.29, 1.82) is 0 Å². The van der Waals surface area contributed by atoms with Gasteiger partial charge in [0.15, 0.2) is 0 Å². The quantitative estimate of drug-likeness (QED) is 0.868. The second-order valence-corrected chi connectivity index (χ2v) is 4.83. The van der Waals surface area contributed by atoms with Crippen molar-refractivity contribution in [2.45, 2.75) is 6.92 Å². The maximum absolute atomic E-state index is 11.2. The zero-order chi connectivity index (χ0) is 13.3. The number of hydrogen-bond donors (Lipinski definition) is 1. The predicted octanol–water partition coefficient (Wildman–Crippen LogP) is 4.67. The van der Waals surface area contributed by atoms with E-state index < -0.39 is 5.97 Å². The zero-order valence-corrected chi connectivity index (χ0v) is 11.1. The third-order valence-electron chi connectivity index (χ3n) is 2.69. The number of rotatable bonds is 2. The van der Waals surface area contributed by atoms with E-state index in [0.717, 1.165) is 11.1 Å². The molecule has 0 radical (unpaired) electrons. The Kier molecular flexibility index (Phi) is 3.60. The molecular formula is C14H10Cl2O2. The maximum atomic E-state index is 11.2. The number of carbonyl (C=O) groups is 1. The molecule has 4 heteroatoms. The van der Waals surface area contributed by atoms with Gasteiger partial charge in [0.1, 0.15) is 0 Å². The molecular weight excluding hydrogens is 271 g/mol. The van der Waals surface area contributed by atoms with Crippen LogP contribution in [0, 0.1) is 6.92 Å². The van der Waals surface area contributed by atoms with E-state index in [4.69, 9.17) is 23.2 Å². The van der Waals surface area contributed by atoms with Gasteiger partial charge in [-0.1, -0.05) is 29.3 Å². The summed E-state index contributed by atoms with van der Waals surface area (Å²) in [7, 11) is 0. The van der Waals surface area contributed by atoms with Crippen molar-refractivity contribution in [2.75, 3.05) is 0 Å². The van der Waals surface area contributed by atoms with Gasteiger partial charge in [0, 0.05) is 10.0 Å². The van der Waals surface area contributed by atoms with Crippen LogP contribution in [-0.2, 0) is 0 Å². The lowest BCUT2D eigenvalue weighted by atomic mass is 9.96. The molecule has 2 aromatic carbocycles. The first-order valence-electron chi connectivity index (χ1n) is 5.28. The number of carboxylic acids is 1. The van der Waals surface area contributed by atoms with E-state index in [1.165, 1.54) is 6.07 Å². The summed E-state index contributed by atoms with van der Waals surface area (Å²) in [5.74, 6) is -0.976. The van der Waals surface area contributed by atoms with E-state index in [2.05, 4.69) is 0 Å².